The number of hydrogen-bond donors (Lipinski definition) is 2. The molecule has 17 heavy (non-hydrogen) atoms. The van der Waals surface area contributed by atoms with E-state index >= 15 is 0 Å². The number of aromatic hydroxyl groups is 2. The summed E-state index contributed by atoms with van der Waals surface area (Å²) in [5.74, 6) is 0.741. The smallest absolute Gasteiger partial charge is 0.115 e. The number of benzene rings is 2. The molecule has 88 valence electrons. The standard InChI is InChI=1S/C14H13IO2/c15-9-14(10-3-1-5-12(16)7-10)11-4-2-6-13(17)8-11/h1-8,14,16-17H,9H2. The third-order valence-electron chi connectivity index (χ3n) is 2.70. The van der Waals surface area contributed by atoms with Crippen molar-refractivity contribution in [1.29, 1.82) is 0 Å². The summed E-state index contributed by atoms with van der Waals surface area (Å²) in [5.41, 5.74) is 2.12. The summed E-state index contributed by atoms with van der Waals surface area (Å²) in [5, 5.41) is 19.0. The maximum Gasteiger partial charge on any atom is 0.115 e. The average molecular weight is 340 g/mol. The van der Waals surface area contributed by atoms with Crippen molar-refractivity contribution in [2.24, 2.45) is 0 Å². The number of hydrogen-bond acceptors (Lipinski definition) is 2. The van der Waals surface area contributed by atoms with E-state index in [0.717, 1.165) is 15.6 Å². The van der Waals surface area contributed by atoms with Gasteiger partial charge in [0.1, 0.15) is 11.5 Å². The van der Waals surface area contributed by atoms with Crippen LogP contribution >= 0.6 is 22.6 Å². The molecule has 0 amide bonds. The highest BCUT2D eigenvalue weighted by molar-refractivity contribution is 14.1. The van der Waals surface area contributed by atoms with Gasteiger partial charge in [0.05, 0.1) is 0 Å². The minimum atomic E-state index is 0.190. The normalized spacial score (nSPS) is 10.7. The molecular weight excluding hydrogens is 327 g/mol. The molecule has 0 atom stereocenters. The fourth-order valence-corrected chi connectivity index (χ4v) is 2.87. The lowest BCUT2D eigenvalue weighted by Crippen LogP contribution is -2.01. The number of alkyl halides is 1. The Kier molecular flexibility index (Phi) is 3.89. The Morgan fingerprint density at radius 1 is 0.882 bits per heavy atom. The molecule has 2 N–H and O–H groups in total. The van der Waals surface area contributed by atoms with Crippen LogP contribution in [0.1, 0.15) is 17.0 Å². The summed E-state index contributed by atoms with van der Waals surface area (Å²) in [6.07, 6.45) is 0. The molecule has 0 aliphatic heterocycles. The summed E-state index contributed by atoms with van der Waals surface area (Å²) >= 11 is 2.32. The van der Waals surface area contributed by atoms with Crippen molar-refractivity contribution in [1.82, 2.24) is 0 Å². The molecule has 0 aliphatic carbocycles. The van der Waals surface area contributed by atoms with Crippen LogP contribution in [-0.2, 0) is 0 Å². The molecule has 3 heteroatoms. The molecule has 0 unspecified atom stereocenters. The zero-order chi connectivity index (χ0) is 12.3. The lowest BCUT2D eigenvalue weighted by atomic mass is 9.93. The molecule has 2 aromatic carbocycles. The van der Waals surface area contributed by atoms with Crippen LogP contribution in [0.2, 0.25) is 0 Å². The zero-order valence-electron chi connectivity index (χ0n) is 9.18. The second kappa shape index (κ2) is 5.40. The van der Waals surface area contributed by atoms with Gasteiger partial charge >= 0.3 is 0 Å². The fraction of sp³-hybridized carbons (Fsp3) is 0.143. The third-order valence-corrected chi connectivity index (χ3v) is 3.58. The Hall–Kier alpha value is -1.23. The molecule has 2 rings (SSSR count). The minimum absolute atomic E-state index is 0.190. The van der Waals surface area contributed by atoms with Gasteiger partial charge in [-0.15, -0.1) is 0 Å². The lowest BCUT2D eigenvalue weighted by molar-refractivity contribution is 0.473. The molecule has 0 saturated heterocycles. The Labute approximate surface area is 114 Å². The molecule has 0 radical (unpaired) electrons. The average Bonchev–Trinajstić information content (AvgIpc) is 2.30. The number of phenolic OH excluding ortho intramolecular Hbond substituents is 2. The largest absolute Gasteiger partial charge is 0.508 e. The van der Waals surface area contributed by atoms with E-state index in [4.69, 9.17) is 0 Å². The van der Waals surface area contributed by atoms with E-state index in [9.17, 15) is 10.2 Å². The second-order valence-corrected chi connectivity index (χ2v) is 4.78. The molecule has 2 aromatic rings. The van der Waals surface area contributed by atoms with Crippen LogP contribution in [0, 0.1) is 0 Å². The molecule has 0 spiro atoms. The van der Waals surface area contributed by atoms with Crippen LogP contribution in [0.5, 0.6) is 11.5 Å². The Morgan fingerprint density at radius 3 is 1.71 bits per heavy atom. The van der Waals surface area contributed by atoms with E-state index in [1.165, 1.54) is 0 Å². The number of rotatable bonds is 3. The Morgan fingerprint density at radius 2 is 1.35 bits per heavy atom. The van der Waals surface area contributed by atoms with Gasteiger partial charge in [0.25, 0.3) is 0 Å². The molecule has 0 bridgehead atoms. The summed E-state index contributed by atoms with van der Waals surface area (Å²) in [6.45, 7) is 0. The topological polar surface area (TPSA) is 40.5 Å². The first kappa shape index (κ1) is 12.2. The van der Waals surface area contributed by atoms with E-state index < -0.39 is 0 Å². The monoisotopic (exact) mass is 340 g/mol. The van der Waals surface area contributed by atoms with Gasteiger partial charge in [-0.25, -0.2) is 0 Å². The molecule has 2 nitrogen and oxygen atoms in total. The highest BCUT2D eigenvalue weighted by Crippen LogP contribution is 2.30. The van der Waals surface area contributed by atoms with Crippen molar-refractivity contribution in [3.05, 3.63) is 59.7 Å². The van der Waals surface area contributed by atoms with Gasteiger partial charge in [0.2, 0.25) is 0 Å². The maximum absolute atomic E-state index is 9.51. The first-order valence-electron chi connectivity index (χ1n) is 5.34. The van der Waals surface area contributed by atoms with Gasteiger partial charge in [0, 0.05) is 10.3 Å². The van der Waals surface area contributed by atoms with Crippen LogP contribution in [-0.4, -0.2) is 14.6 Å². The number of halogens is 1. The van der Waals surface area contributed by atoms with Gasteiger partial charge in [-0.3, -0.25) is 0 Å². The zero-order valence-corrected chi connectivity index (χ0v) is 11.3. The van der Waals surface area contributed by atoms with E-state index in [1.807, 2.05) is 24.3 Å². The first-order chi connectivity index (χ1) is 8.20. The lowest BCUT2D eigenvalue weighted by Gasteiger charge is -2.15. The van der Waals surface area contributed by atoms with Crippen molar-refractivity contribution in [2.45, 2.75) is 5.92 Å². The van der Waals surface area contributed by atoms with E-state index in [0.29, 0.717) is 0 Å². The van der Waals surface area contributed by atoms with Crippen LogP contribution in [0.15, 0.2) is 48.5 Å². The number of phenols is 2. The second-order valence-electron chi connectivity index (χ2n) is 3.90. The van der Waals surface area contributed by atoms with Gasteiger partial charge in [-0.05, 0) is 35.4 Å². The van der Waals surface area contributed by atoms with Crippen molar-refractivity contribution in [3.63, 3.8) is 0 Å². The van der Waals surface area contributed by atoms with E-state index in [2.05, 4.69) is 22.6 Å². The van der Waals surface area contributed by atoms with Gasteiger partial charge in [0.15, 0.2) is 0 Å². The van der Waals surface area contributed by atoms with Gasteiger partial charge in [-0.2, -0.15) is 0 Å². The molecule has 0 heterocycles. The van der Waals surface area contributed by atoms with Gasteiger partial charge < -0.3 is 10.2 Å². The van der Waals surface area contributed by atoms with Crippen molar-refractivity contribution in [2.75, 3.05) is 4.43 Å². The maximum atomic E-state index is 9.51. The van der Waals surface area contributed by atoms with E-state index in [-0.39, 0.29) is 17.4 Å². The van der Waals surface area contributed by atoms with Crippen LogP contribution in [0.3, 0.4) is 0 Å². The SMILES string of the molecule is Oc1cccc(C(CI)c2cccc(O)c2)c1. The fourth-order valence-electron chi connectivity index (χ4n) is 1.85. The molecule has 0 fully saturated rings. The van der Waals surface area contributed by atoms with Crippen LogP contribution in [0.25, 0.3) is 0 Å². The summed E-state index contributed by atoms with van der Waals surface area (Å²) < 4.78 is 0.894. The molecule has 0 saturated carbocycles. The molecular formula is C14H13IO2. The van der Waals surface area contributed by atoms with Crippen molar-refractivity contribution in [3.8, 4) is 11.5 Å². The van der Waals surface area contributed by atoms with Crippen LogP contribution < -0.4 is 0 Å². The Bertz CT molecular complexity index is 466. The van der Waals surface area contributed by atoms with Crippen molar-refractivity contribution < 1.29 is 10.2 Å². The van der Waals surface area contributed by atoms with Crippen molar-refractivity contribution >= 4 is 22.6 Å². The summed E-state index contributed by atoms with van der Waals surface area (Å²) in [4.78, 5) is 0. The Balaban J connectivity index is 2.40. The first-order valence-corrected chi connectivity index (χ1v) is 6.87. The summed E-state index contributed by atoms with van der Waals surface area (Å²) in [6, 6.07) is 14.5. The van der Waals surface area contributed by atoms with E-state index in [1.54, 1.807) is 24.3 Å². The quantitative estimate of drug-likeness (QED) is 0.661. The van der Waals surface area contributed by atoms with Gasteiger partial charge in [-0.1, -0.05) is 46.9 Å². The third kappa shape index (κ3) is 2.91. The highest BCUT2D eigenvalue weighted by atomic mass is 127. The molecule has 0 aromatic heterocycles. The predicted octanol–water partition coefficient (Wildman–Crippen LogP) is 3.66. The summed E-state index contributed by atoms with van der Waals surface area (Å²) in [7, 11) is 0. The highest BCUT2D eigenvalue weighted by Gasteiger charge is 2.13. The molecule has 0 aliphatic rings. The predicted molar refractivity (Wildman–Crippen MR) is 76.9 cm³/mol. The van der Waals surface area contributed by atoms with Crippen LogP contribution in [0.4, 0.5) is 0 Å². The minimum Gasteiger partial charge on any atom is -0.508 e.